The van der Waals surface area contributed by atoms with Gasteiger partial charge in [0.25, 0.3) is 0 Å². The van der Waals surface area contributed by atoms with Crippen molar-refractivity contribution in [2.75, 3.05) is 32.1 Å². The summed E-state index contributed by atoms with van der Waals surface area (Å²) < 4.78 is 6.93. The Hall–Kier alpha value is -2.67. The van der Waals surface area contributed by atoms with Crippen molar-refractivity contribution in [3.63, 3.8) is 0 Å². The molecule has 0 saturated heterocycles. The van der Waals surface area contributed by atoms with E-state index in [9.17, 15) is 9.59 Å². The Morgan fingerprint density at radius 2 is 1.85 bits per heavy atom. The van der Waals surface area contributed by atoms with E-state index in [1.807, 2.05) is 37.3 Å². The number of aryl methyl sites for hydroxylation is 1. The first-order valence-electron chi connectivity index (χ1n) is 12.4. The highest BCUT2D eigenvalue weighted by atomic mass is 16.5. The molecule has 1 aromatic carbocycles. The lowest BCUT2D eigenvalue weighted by atomic mass is 9.92. The zero-order valence-electron chi connectivity index (χ0n) is 21.8. The molecule has 2 rings (SSSR count). The largest absolute Gasteiger partial charge is 0.383 e. The molecule has 0 aliphatic rings. The van der Waals surface area contributed by atoms with Crippen LogP contribution in [0.5, 0.6) is 0 Å². The average molecular weight is 471 g/mol. The quantitative estimate of drug-likeness (QED) is 0.406. The standard InChI is InChI=1S/C27H42N4O3/c1-7-8-9-10-11-15-26(33)30(16-17-34-6)20-25(32)28-24-19-23(27(3,4)5)29-31(24)22-14-12-13-21(2)18-22/h12-14,18-19H,7-11,15-17,20H2,1-6H3,(H,28,32). The van der Waals surface area contributed by atoms with E-state index in [1.165, 1.54) is 12.8 Å². The number of nitrogens with zero attached hydrogens (tertiary/aromatic N) is 3. The molecule has 2 amide bonds. The predicted molar refractivity (Wildman–Crippen MR) is 137 cm³/mol. The third-order valence-electron chi connectivity index (χ3n) is 5.74. The van der Waals surface area contributed by atoms with E-state index in [4.69, 9.17) is 9.84 Å². The minimum absolute atomic E-state index is 0.00808. The van der Waals surface area contributed by atoms with Crippen LogP contribution in [0.25, 0.3) is 5.69 Å². The van der Waals surface area contributed by atoms with E-state index in [1.54, 1.807) is 16.7 Å². The number of rotatable bonds is 13. The molecule has 1 N–H and O–H groups in total. The van der Waals surface area contributed by atoms with Crippen LogP contribution < -0.4 is 5.32 Å². The van der Waals surface area contributed by atoms with Crippen molar-refractivity contribution < 1.29 is 14.3 Å². The third kappa shape index (κ3) is 8.60. The van der Waals surface area contributed by atoms with Gasteiger partial charge < -0.3 is 15.0 Å². The molecule has 0 atom stereocenters. The minimum atomic E-state index is -0.246. The predicted octanol–water partition coefficient (Wildman–Crippen LogP) is 5.25. The van der Waals surface area contributed by atoms with Gasteiger partial charge in [-0.25, -0.2) is 4.68 Å². The Morgan fingerprint density at radius 3 is 2.50 bits per heavy atom. The maximum atomic E-state index is 13.0. The number of carbonyl (C=O) groups excluding carboxylic acids is 2. The van der Waals surface area contributed by atoms with Crippen molar-refractivity contribution >= 4 is 17.6 Å². The van der Waals surface area contributed by atoms with Crippen molar-refractivity contribution in [1.29, 1.82) is 0 Å². The number of hydrogen-bond acceptors (Lipinski definition) is 4. The van der Waals surface area contributed by atoms with E-state index >= 15 is 0 Å². The Morgan fingerprint density at radius 1 is 1.12 bits per heavy atom. The summed E-state index contributed by atoms with van der Waals surface area (Å²) in [5.41, 5.74) is 2.69. The second-order valence-electron chi connectivity index (χ2n) is 9.94. The van der Waals surface area contributed by atoms with E-state index < -0.39 is 0 Å². The van der Waals surface area contributed by atoms with Gasteiger partial charge in [-0.1, -0.05) is 65.5 Å². The van der Waals surface area contributed by atoms with Crippen LogP contribution in [0.2, 0.25) is 0 Å². The van der Waals surface area contributed by atoms with Crippen LogP contribution in [0.3, 0.4) is 0 Å². The van der Waals surface area contributed by atoms with Crippen molar-refractivity contribution in [1.82, 2.24) is 14.7 Å². The summed E-state index contributed by atoms with van der Waals surface area (Å²) >= 11 is 0. The topological polar surface area (TPSA) is 76.5 Å². The number of hydrogen-bond donors (Lipinski definition) is 1. The van der Waals surface area contributed by atoms with Gasteiger partial charge in [0.2, 0.25) is 11.8 Å². The van der Waals surface area contributed by atoms with Crippen LogP contribution >= 0.6 is 0 Å². The Labute approximate surface area is 204 Å². The fraction of sp³-hybridized carbons (Fsp3) is 0.593. The maximum absolute atomic E-state index is 13.0. The number of methoxy groups -OCH3 is 1. The summed E-state index contributed by atoms with van der Waals surface area (Å²) in [5, 5.41) is 7.77. The van der Waals surface area contributed by atoms with E-state index in [-0.39, 0.29) is 23.8 Å². The number of unbranched alkanes of at least 4 members (excludes halogenated alkanes) is 4. The second kappa shape index (κ2) is 13.3. The van der Waals surface area contributed by atoms with Crippen molar-refractivity contribution in [2.24, 2.45) is 0 Å². The fourth-order valence-corrected chi connectivity index (χ4v) is 3.68. The van der Waals surface area contributed by atoms with Crippen LogP contribution in [-0.4, -0.2) is 53.3 Å². The lowest BCUT2D eigenvalue weighted by Gasteiger charge is -2.22. The molecule has 0 aliphatic heterocycles. The fourth-order valence-electron chi connectivity index (χ4n) is 3.68. The van der Waals surface area contributed by atoms with Crippen molar-refractivity contribution in [3.8, 4) is 5.69 Å². The zero-order valence-corrected chi connectivity index (χ0v) is 21.8. The molecule has 0 bridgehead atoms. The molecular formula is C27H42N4O3. The third-order valence-corrected chi connectivity index (χ3v) is 5.74. The van der Waals surface area contributed by atoms with Crippen LogP contribution in [0, 0.1) is 6.92 Å². The molecule has 0 saturated carbocycles. The SMILES string of the molecule is CCCCCCCC(=O)N(CCOC)CC(=O)Nc1cc(C(C)(C)C)nn1-c1cccc(C)c1. The summed E-state index contributed by atoms with van der Waals surface area (Å²) in [5.74, 6) is 0.343. The van der Waals surface area contributed by atoms with Gasteiger partial charge >= 0.3 is 0 Å². The summed E-state index contributed by atoms with van der Waals surface area (Å²) in [6.45, 7) is 11.2. The monoisotopic (exact) mass is 470 g/mol. The van der Waals surface area contributed by atoms with Crippen LogP contribution in [-0.2, 0) is 19.7 Å². The lowest BCUT2D eigenvalue weighted by molar-refractivity contribution is -0.135. The molecule has 2 aromatic rings. The maximum Gasteiger partial charge on any atom is 0.245 e. The molecule has 7 heteroatoms. The first-order valence-corrected chi connectivity index (χ1v) is 12.4. The molecule has 7 nitrogen and oxygen atoms in total. The van der Waals surface area contributed by atoms with Gasteiger partial charge in [-0.15, -0.1) is 0 Å². The summed E-state index contributed by atoms with van der Waals surface area (Å²) in [6, 6.07) is 9.91. The first-order chi connectivity index (χ1) is 16.2. The number of benzene rings is 1. The number of anilines is 1. The Bertz CT molecular complexity index is 930. The van der Waals surface area contributed by atoms with Crippen LogP contribution in [0.1, 0.15) is 77.5 Å². The number of aromatic nitrogens is 2. The van der Waals surface area contributed by atoms with Gasteiger partial charge in [0.1, 0.15) is 5.82 Å². The number of ether oxygens (including phenoxy) is 1. The number of amides is 2. The summed E-state index contributed by atoms with van der Waals surface area (Å²) in [4.78, 5) is 27.4. The van der Waals surface area contributed by atoms with Gasteiger partial charge in [0.15, 0.2) is 0 Å². The van der Waals surface area contributed by atoms with Gasteiger partial charge in [0.05, 0.1) is 24.5 Å². The van der Waals surface area contributed by atoms with Crippen molar-refractivity contribution in [2.45, 2.75) is 78.6 Å². The summed E-state index contributed by atoms with van der Waals surface area (Å²) in [7, 11) is 1.60. The molecule has 0 fully saturated rings. The normalized spacial score (nSPS) is 11.5. The highest BCUT2D eigenvalue weighted by Gasteiger charge is 2.23. The second-order valence-corrected chi connectivity index (χ2v) is 9.94. The van der Waals surface area contributed by atoms with E-state index in [0.29, 0.717) is 25.4 Å². The molecular weight excluding hydrogens is 428 g/mol. The highest BCUT2D eigenvalue weighted by molar-refractivity contribution is 5.94. The molecule has 34 heavy (non-hydrogen) atoms. The average Bonchev–Trinajstić information content (AvgIpc) is 3.20. The van der Waals surface area contributed by atoms with Gasteiger partial charge in [-0.05, 0) is 31.0 Å². The number of nitrogens with one attached hydrogen (secondary N) is 1. The van der Waals surface area contributed by atoms with E-state index in [2.05, 4.69) is 33.0 Å². The molecule has 0 spiro atoms. The molecule has 0 aliphatic carbocycles. The molecule has 188 valence electrons. The van der Waals surface area contributed by atoms with Crippen LogP contribution in [0.15, 0.2) is 30.3 Å². The lowest BCUT2D eigenvalue weighted by Crippen LogP contribution is -2.40. The highest BCUT2D eigenvalue weighted by Crippen LogP contribution is 2.26. The van der Waals surface area contributed by atoms with E-state index in [0.717, 1.165) is 36.2 Å². The summed E-state index contributed by atoms with van der Waals surface area (Å²) in [6.07, 6.45) is 5.84. The molecule has 1 aromatic heterocycles. The zero-order chi connectivity index (χ0) is 25.1. The Balaban J connectivity index is 2.15. The molecule has 0 radical (unpaired) electrons. The van der Waals surface area contributed by atoms with Gasteiger partial charge in [-0.3, -0.25) is 9.59 Å². The van der Waals surface area contributed by atoms with Crippen LogP contribution in [0.4, 0.5) is 5.82 Å². The van der Waals surface area contributed by atoms with Gasteiger partial charge in [-0.2, -0.15) is 5.10 Å². The number of carbonyl (C=O) groups is 2. The molecule has 1 heterocycles. The first kappa shape index (κ1) is 27.6. The van der Waals surface area contributed by atoms with Gasteiger partial charge in [0, 0.05) is 31.6 Å². The van der Waals surface area contributed by atoms with Crippen molar-refractivity contribution in [3.05, 3.63) is 41.6 Å². The molecule has 0 unspecified atom stereocenters. The Kier molecular flexibility index (Phi) is 10.8. The smallest absolute Gasteiger partial charge is 0.245 e. The minimum Gasteiger partial charge on any atom is -0.383 e.